The van der Waals surface area contributed by atoms with E-state index in [-0.39, 0.29) is 40.5 Å². The SMILES string of the molecule is Cc1c(C(=O)N(C)C)sc(N2C(=O)C3C4CCC(O4)C3C2=O)c1C#N. The lowest BCUT2D eigenvalue weighted by Crippen LogP contribution is -2.34. The highest BCUT2D eigenvalue weighted by atomic mass is 32.1. The molecule has 0 aliphatic carbocycles. The van der Waals surface area contributed by atoms with Crippen molar-refractivity contribution in [3.63, 3.8) is 0 Å². The normalized spacial score (nSPS) is 29.9. The summed E-state index contributed by atoms with van der Waals surface area (Å²) in [6, 6.07) is 2.06. The Kier molecular flexibility index (Phi) is 3.49. The van der Waals surface area contributed by atoms with Gasteiger partial charge in [0.1, 0.15) is 11.1 Å². The summed E-state index contributed by atoms with van der Waals surface area (Å²) in [6.07, 6.45) is 1.17. The van der Waals surface area contributed by atoms with Crippen LogP contribution < -0.4 is 4.90 Å². The van der Waals surface area contributed by atoms with E-state index in [0.717, 1.165) is 29.1 Å². The number of amides is 3. The Morgan fingerprint density at radius 3 is 2.28 bits per heavy atom. The van der Waals surface area contributed by atoms with Crippen LogP contribution in [0.2, 0.25) is 0 Å². The zero-order valence-electron chi connectivity index (χ0n) is 14.1. The van der Waals surface area contributed by atoms with Crippen LogP contribution in [-0.4, -0.2) is 48.9 Å². The van der Waals surface area contributed by atoms with Crippen molar-refractivity contribution >= 4 is 34.1 Å². The van der Waals surface area contributed by atoms with Crippen molar-refractivity contribution in [2.45, 2.75) is 32.0 Å². The zero-order chi connectivity index (χ0) is 18.0. The lowest BCUT2D eigenvalue weighted by Gasteiger charge is -2.16. The van der Waals surface area contributed by atoms with Gasteiger partial charge in [0, 0.05) is 14.1 Å². The number of fused-ring (bicyclic) bond motifs is 5. The van der Waals surface area contributed by atoms with Crippen LogP contribution in [0.15, 0.2) is 0 Å². The molecule has 3 aliphatic heterocycles. The van der Waals surface area contributed by atoms with Crippen LogP contribution in [0.5, 0.6) is 0 Å². The predicted octanol–water partition coefficient (Wildman–Crippen LogP) is 1.30. The molecule has 2 bridgehead atoms. The molecule has 130 valence electrons. The second-order valence-corrected chi connectivity index (χ2v) is 7.90. The van der Waals surface area contributed by atoms with Gasteiger partial charge in [-0.15, -0.1) is 11.3 Å². The third kappa shape index (κ3) is 2.03. The van der Waals surface area contributed by atoms with Gasteiger partial charge in [0.25, 0.3) is 5.91 Å². The maximum Gasteiger partial charge on any atom is 0.263 e. The molecule has 0 radical (unpaired) electrons. The summed E-state index contributed by atoms with van der Waals surface area (Å²) >= 11 is 1.04. The molecule has 4 unspecified atom stereocenters. The first-order valence-electron chi connectivity index (χ1n) is 8.15. The van der Waals surface area contributed by atoms with E-state index in [1.54, 1.807) is 21.0 Å². The summed E-state index contributed by atoms with van der Waals surface area (Å²) in [5, 5.41) is 9.82. The molecule has 4 rings (SSSR count). The van der Waals surface area contributed by atoms with Gasteiger partial charge in [-0.3, -0.25) is 14.4 Å². The second kappa shape index (κ2) is 5.38. The minimum absolute atomic E-state index is 0.203. The first-order valence-corrected chi connectivity index (χ1v) is 8.96. The topological polar surface area (TPSA) is 90.7 Å². The minimum atomic E-state index is -0.451. The maximum absolute atomic E-state index is 12.9. The molecule has 3 amide bonds. The average Bonchev–Trinajstić information content (AvgIpc) is 3.30. The average molecular weight is 359 g/mol. The lowest BCUT2D eigenvalue weighted by atomic mass is 9.81. The molecule has 7 nitrogen and oxygen atoms in total. The molecule has 0 N–H and O–H groups in total. The molecule has 25 heavy (non-hydrogen) atoms. The maximum atomic E-state index is 12.9. The van der Waals surface area contributed by atoms with Gasteiger partial charge < -0.3 is 9.64 Å². The summed E-state index contributed by atoms with van der Waals surface area (Å²) in [7, 11) is 3.25. The van der Waals surface area contributed by atoms with Crippen LogP contribution in [-0.2, 0) is 14.3 Å². The van der Waals surface area contributed by atoms with E-state index in [1.165, 1.54) is 4.90 Å². The van der Waals surface area contributed by atoms with Gasteiger partial charge in [-0.1, -0.05) is 0 Å². The van der Waals surface area contributed by atoms with E-state index in [2.05, 4.69) is 6.07 Å². The summed E-state index contributed by atoms with van der Waals surface area (Å²) < 4.78 is 5.73. The fraction of sp³-hybridized carbons (Fsp3) is 0.529. The number of thiophene rings is 1. The van der Waals surface area contributed by atoms with Gasteiger partial charge in [-0.05, 0) is 25.3 Å². The molecular weight excluding hydrogens is 342 g/mol. The summed E-state index contributed by atoms with van der Waals surface area (Å²) in [6.45, 7) is 1.67. The molecule has 8 heteroatoms. The largest absolute Gasteiger partial charge is 0.373 e. The van der Waals surface area contributed by atoms with Crippen molar-refractivity contribution in [1.82, 2.24) is 4.90 Å². The van der Waals surface area contributed by atoms with Crippen LogP contribution in [0.3, 0.4) is 0 Å². The smallest absolute Gasteiger partial charge is 0.263 e. The Labute approximate surface area is 148 Å². The number of nitriles is 1. The molecule has 1 aromatic rings. The number of anilines is 1. The fourth-order valence-corrected chi connectivity index (χ4v) is 5.40. The number of rotatable bonds is 2. The highest BCUT2D eigenvalue weighted by molar-refractivity contribution is 7.18. The Bertz CT molecular complexity index is 825. The van der Waals surface area contributed by atoms with Gasteiger partial charge in [0.2, 0.25) is 11.8 Å². The Morgan fingerprint density at radius 1 is 1.24 bits per heavy atom. The zero-order valence-corrected chi connectivity index (χ0v) is 14.9. The molecule has 4 heterocycles. The standard InChI is InChI=1S/C17H17N3O4S/c1-7-8(6-18)17(25-13(7)16(23)19(2)3)20-14(21)11-9-4-5-10(24-9)12(11)15(20)22/h9-12H,4-5H2,1-3H3. The number of carbonyl (C=O) groups excluding carboxylic acids is 3. The van der Waals surface area contributed by atoms with Crippen molar-refractivity contribution < 1.29 is 19.1 Å². The van der Waals surface area contributed by atoms with E-state index in [4.69, 9.17) is 4.74 Å². The van der Waals surface area contributed by atoms with Crippen LogP contribution in [0.1, 0.15) is 33.6 Å². The summed E-state index contributed by atoms with van der Waals surface area (Å²) in [5.74, 6) is -1.75. The van der Waals surface area contributed by atoms with Gasteiger partial charge in [-0.25, -0.2) is 4.90 Å². The highest BCUT2D eigenvalue weighted by Crippen LogP contribution is 2.51. The van der Waals surface area contributed by atoms with Crippen molar-refractivity contribution in [3.8, 4) is 6.07 Å². The number of imide groups is 1. The number of nitrogens with zero attached hydrogens (tertiary/aromatic N) is 3. The third-order valence-corrected chi connectivity index (χ3v) is 6.59. The molecule has 1 aromatic heterocycles. The Morgan fingerprint density at radius 2 is 1.80 bits per heavy atom. The number of ether oxygens (including phenoxy) is 1. The molecule has 0 aromatic carbocycles. The number of carbonyl (C=O) groups is 3. The Balaban J connectivity index is 1.79. The fourth-order valence-electron chi connectivity index (χ4n) is 4.11. The van der Waals surface area contributed by atoms with Crippen LogP contribution in [0.25, 0.3) is 0 Å². The first-order chi connectivity index (χ1) is 11.9. The van der Waals surface area contributed by atoms with Crippen LogP contribution >= 0.6 is 11.3 Å². The summed E-state index contributed by atoms with van der Waals surface area (Å²) in [4.78, 5) is 41.1. The summed E-state index contributed by atoms with van der Waals surface area (Å²) in [5.41, 5.74) is 0.739. The third-order valence-electron chi connectivity index (χ3n) is 5.33. The number of hydrogen-bond acceptors (Lipinski definition) is 6. The molecule has 4 atom stereocenters. The molecule has 3 saturated heterocycles. The first kappa shape index (κ1) is 16.2. The van der Waals surface area contributed by atoms with Crippen molar-refractivity contribution in [3.05, 3.63) is 16.0 Å². The van der Waals surface area contributed by atoms with Gasteiger partial charge in [0.05, 0.1) is 34.5 Å². The van der Waals surface area contributed by atoms with Crippen LogP contribution in [0, 0.1) is 30.1 Å². The monoisotopic (exact) mass is 359 g/mol. The van der Waals surface area contributed by atoms with Crippen molar-refractivity contribution in [1.29, 1.82) is 5.26 Å². The van der Waals surface area contributed by atoms with E-state index < -0.39 is 11.8 Å². The molecule has 3 aliphatic rings. The van der Waals surface area contributed by atoms with E-state index in [9.17, 15) is 19.6 Å². The molecule has 3 fully saturated rings. The molecule has 0 spiro atoms. The minimum Gasteiger partial charge on any atom is -0.373 e. The van der Waals surface area contributed by atoms with E-state index >= 15 is 0 Å². The quantitative estimate of drug-likeness (QED) is 0.742. The van der Waals surface area contributed by atoms with Gasteiger partial charge in [0.15, 0.2) is 0 Å². The lowest BCUT2D eigenvalue weighted by molar-refractivity contribution is -0.124. The second-order valence-electron chi connectivity index (χ2n) is 6.90. The molecular formula is C17H17N3O4S. The van der Waals surface area contributed by atoms with E-state index in [0.29, 0.717) is 10.4 Å². The van der Waals surface area contributed by atoms with Gasteiger partial charge >= 0.3 is 0 Å². The molecule has 0 saturated carbocycles. The van der Waals surface area contributed by atoms with Crippen LogP contribution in [0.4, 0.5) is 5.00 Å². The van der Waals surface area contributed by atoms with Crippen molar-refractivity contribution in [2.75, 3.05) is 19.0 Å². The van der Waals surface area contributed by atoms with Gasteiger partial charge in [-0.2, -0.15) is 5.26 Å². The highest BCUT2D eigenvalue weighted by Gasteiger charge is 2.63. The van der Waals surface area contributed by atoms with E-state index in [1.807, 2.05) is 0 Å². The Hall–Kier alpha value is -2.24. The van der Waals surface area contributed by atoms with Crippen molar-refractivity contribution in [2.24, 2.45) is 11.8 Å². The number of hydrogen-bond donors (Lipinski definition) is 0. The predicted molar refractivity (Wildman–Crippen MR) is 89.2 cm³/mol.